The van der Waals surface area contributed by atoms with Crippen LogP contribution in [0.2, 0.25) is 0 Å². The van der Waals surface area contributed by atoms with E-state index in [4.69, 9.17) is 4.74 Å². The predicted molar refractivity (Wildman–Crippen MR) is 110 cm³/mol. The number of likely N-dealkylation sites (tertiary alicyclic amines) is 1. The SMILES string of the molecule is COc1ccc(C=C(NC(=O)c2ccccc2)C(=O)N2CCCCCC2)cc1. The van der Waals surface area contributed by atoms with Gasteiger partial charge < -0.3 is 15.0 Å². The first-order valence-electron chi connectivity index (χ1n) is 9.69. The van der Waals surface area contributed by atoms with Crippen LogP contribution in [0.5, 0.6) is 5.75 Å². The molecule has 2 amide bonds. The minimum atomic E-state index is -0.288. The highest BCUT2D eigenvalue weighted by atomic mass is 16.5. The average molecular weight is 378 g/mol. The molecule has 1 aliphatic heterocycles. The quantitative estimate of drug-likeness (QED) is 0.804. The second-order valence-corrected chi connectivity index (χ2v) is 6.86. The van der Waals surface area contributed by atoms with Crippen LogP contribution in [-0.2, 0) is 4.79 Å². The lowest BCUT2D eigenvalue weighted by molar-refractivity contribution is -0.127. The molecule has 1 saturated heterocycles. The fourth-order valence-corrected chi connectivity index (χ4v) is 3.25. The molecule has 1 fully saturated rings. The Hall–Kier alpha value is -3.08. The summed E-state index contributed by atoms with van der Waals surface area (Å²) in [7, 11) is 1.61. The Morgan fingerprint density at radius 2 is 1.57 bits per heavy atom. The molecule has 0 bridgehead atoms. The highest BCUT2D eigenvalue weighted by Crippen LogP contribution is 2.17. The van der Waals surface area contributed by atoms with Crippen LogP contribution in [0.4, 0.5) is 0 Å². The van der Waals surface area contributed by atoms with Gasteiger partial charge in [0.1, 0.15) is 11.4 Å². The van der Waals surface area contributed by atoms with Gasteiger partial charge in [0.25, 0.3) is 11.8 Å². The minimum absolute atomic E-state index is 0.137. The van der Waals surface area contributed by atoms with Gasteiger partial charge in [-0.15, -0.1) is 0 Å². The van der Waals surface area contributed by atoms with E-state index in [1.807, 2.05) is 35.2 Å². The van der Waals surface area contributed by atoms with Crippen LogP contribution in [-0.4, -0.2) is 36.9 Å². The van der Waals surface area contributed by atoms with Gasteiger partial charge >= 0.3 is 0 Å². The number of hydrogen-bond donors (Lipinski definition) is 1. The summed E-state index contributed by atoms with van der Waals surface area (Å²) in [5.41, 5.74) is 1.64. The van der Waals surface area contributed by atoms with Crippen molar-refractivity contribution in [2.24, 2.45) is 0 Å². The van der Waals surface area contributed by atoms with Crippen molar-refractivity contribution in [2.45, 2.75) is 25.7 Å². The van der Waals surface area contributed by atoms with E-state index >= 15 is 0 Å². The fraction of sp³-hybridized carbons (Fsp3) is 0.304. The predicted octanol–water partition coefficient (Wildman–Crippen LogP) is 3.87. The number of nitrogens with zero attached hydrogens (tertiary/aromatic N) is 1. The Morgan fingerprint density at radius 3 is 2.18 bits per heavy atom. The summed E-state index contributed by atoms with van der Waals surface area (Å²) in [6.07, 6.45) is 5.99. The van der Waals surface area contributed by atoms with Gasteiger partial charge in [-0.25, -0.2) is 0 Å². The summed E-state index contributed by atoms with van der Waals surface area (Å²) in [5, 5.41) is 2.83. The number of hydrogen-bond acceptors (Lipinski definition) is 3. The first kappa shape index (κ1) is 19.7. The molecule has 0 aromatic heterocycles. The van der Waals surface area contributed by atoms with Gasteiger partial charge in [-0.1, -0.05) is 43.2 Å². The van der Waals surface area contributed by atoms with Crippen LogP contribution >= 0.6 is 0 Å². The molecule has 0 spiro atoms. The van der Waals surface area contributed by atoms with Gasteiger partial charge in [-0.05, 0) is 48.7 Å². The molecule has 1 aliphatic rings. The molecule has 146 valence electrons. The maximum Gasteiger partial charge on any atom is 0.270 e. The molecule has 5 nitrogen and oxygen atoms in total. The molecular formula is C23H26N2O3. The molecule has 1 N–H and O–H groups in total. The van der Waals surface area contributed by atoms with E-state index in [0.29, 0.717) is 11.3 Å². The van der Waals surface area contributed by atoms with Crippen molar-refractivity contribution < 1.29 is 14.3 Å². The lowest BCUT2D eigenvalue weighted by atomic mass is 10.1. The molecule has 28 heavy (non-hydrogen) atoms. The van der Waals surface area contributed by atoms with Crippen molar-refractivity contribution in [3.05, 3.63) is 71.4 Å². The summed E-state index contributed by atoms with van der Waals surface area (Å²) in [5.74, 6) is 0.316. The Morgan fingerprint density at radius 1 is 0.929 bits per heavy atom. The fourth-order valence-electron chi connectivity index (χ4n) is 3.25. The van der Waals surface area contributed by atoms with Crippen molar-refractivity contribution in [1.82, 2.24) is 10.2 Å². The summed E-state index contributed by atoms with van der Waals surface area (Å²) in [6, 6.07) is 16.3. The Balaban J connectivity index is 1.86. The van der Waals surface area contributed by atoms with Gasteiger partial charge in [0.2, 0.25) is 0 Å². The van der Waals surface area contributed by atoms with Gasteiger partial charge in [0.05, 0.1) is 7.11 Å². The van der Waals surface area contributed by atoms with E-state index in [2.05, 4.69) is 5.32 Å². The second kappa shape index (κ2) is 9.74. The molecule has 0 unspecified atom stereocenters. The summed E-state index contributed by atoms with van der Waals surface area (Å²) >= 11 is 0. The smallest absolute Gasteiger partial charge is 0.270 e. The zero-order valence-electron chi connectivity index (χ0n) is 16.2. The average Bonchev–Trinajstić information content (AvgIpc) is 3.03. The standard InChI is InChI=1S/C23H26N2O3/c1-28-20-13-11-18(12-14-20)17-21(23(27)25-15-7-2-3-8-16-25)24-22(26)19-9-5-4-6-10-19/h4-6,9-14,17H,2-3,7-8,15-16H2,1H3,(H,24,26). The van der Waals surface area contributed by atoms with Gasteiger partial charge in [0.15, 0.2) is 0 Å². The van der Waals surface area contributed by atoms with E-state index in [1.165, 1.54) is 0 Å². The van der Waals surface area contributed by atoms with Gasteiger partial charge in [-0.2, -0.15) is 0 Å². The Kier molecular flexibility index (Phi) is 6.84. The molecule has 0 aliphatic carbocycles. The topological polar surface area (TPSA) is 58.6 Å². The summed E-state index contributed by atoms with van der Waals surface area (Å²) in [6.45, 7) is 1.44. The maximum atomic E-state index is 13.2. The number of carbonyl (C=O) groups is 2. The summed E-state index contributed by atoms with van der Waals surface area (Å²) < 4.78 is 5.19. The van der Waals surface area contributed by atoms with E-state index in [1.54, 1.807) is 37.5 Å². The first-order chi connectivity index (χ1) is 13.7. The third kappa shape index (κ3) is 5.22. The first-order valence-corrected chi connectivity index (χ1v) is 9.69. The molecular weight excluding hydrogens is 352 g/mol. The monoisotopic (exact) mass is 378 g/mol. The van der Waals surface area contributed by atoms with Crippen molar-refractivity contribution in [1.29, 1.82) is 0 Å². The number of ether oxygens (including phenoxy) is 1. The zero-order valence-corrected chi connectivity index (χ0v) is 16.2. The molecule has 0 atom stereocenters. The van der Waals surface area contributed by atoms with Crippen LogP contribution in [0.25, 0.3) is 6.08 Å². The number of benzene rings is 2. The number of nitrogens with one attached hydrogen (secondary N) is 1. The third-order valence-electron chi connectivity index (χ3n) is 4.83. The molecule has 3 rings (SSSR count). The van der Waals surface area contributed by atoms with Crippen molar-refractivity contribution in [2.75, 3.05) is 20.2 Å². The Bertz CT molecular complexity index is 821. The lowest BCUT2D eigenvalue weighted by Crippen LogP contribution is -2.39. The van der Waals surface area contributed by atoms with Crippen molar-refractivity contribution in [3.63, 3.8) is 0 Å². The Labute approximate surface area is 166 Å². The van der Waals surface area contributed by atoms with E-state index in [9.17, 15) is 9.59 Å². The molecule has 0 radical (unpaired) electrons. The minimum Gasteiger partial charge on any atom is -0.497 e. The number of amides is 2. The zero-order chi connectivity index (χ0) is 19.8. The van der Waals surface area contributed by atoms with Crippen LogP contribution in [0.1, 0.15) is 41.6 Å². The highest BCUT2D eigenvalue weighted by molar-refractivity contribution is 6.05. The van der Waals surface area contributed by atoms with Gasteiger partial charge in [-0.3, -0.25) is 9.59 Å². The lowest BCUT2D eigenvalue weighted by Gasteiger charge is -2.22. The second-order valence-electron chi connectivity index (χ2n) is 6.86. The van der Waals surface area contributed by atoms with E-state index < -0.39 is 0 Å². The van der Waals surface area contributed by atoms with E-state index in [-0.39, 0.29) is 11.8 Å². The molecule has 1 heterocycles. The number of rotatable bonds is 5. The third-order valence-corrected chi connectivity index (χ3v) is 4.83. The normalized spacial score (nSPS) is 14.9. The van der Waals surface area contributed by atoms with Crippen LogP contribution in [0.3, 0.4) is 0 Å². The molecule has 2 aromatic rings. The summed E-state index contributed by atoms with van der Waals surface area (Å²) in [4.78, 5) is 27.7. The van der Waals surface area contributed by atoms with Crippen LogP contribution in [0, 0.1) is 0 Å². The largest absolute Gasteiger partial charge is 0.497 e. The molecule has 5 heteroatoms. The number of methoxy groups -OCH3 is 1. The molecule has 0 saturated carbocycles. The van der Waals surface area contributed by atoms with Crippen molar-refractivity contribution >= 4 is 17.9 Å². The molecule has 2 aromatic carbocycles. The van der Waals surface area contributed by atoms with Crippen LogP contribution in [0.15, 0.2) is 60.3 Å². The van der Waals surface area contributed by atoms with Gasteiger partial charge in [0, 0.05) is 18.7 Å². The van der Waals surface area contributed by atoms with E-state index in [0.717, 1.165) is 50.1 Å². The van der Waals surface area contributed by atoms with Crippen LogP contribution < -0.4 is 10.1 Å². The number of carbonyl (C=O) groups excluding carboxylic acids is 2. The highest BCUT2D eigenvalue weighted by Gasteiger charge is 2.21. The van der Waals surface area contributed by atoms with Crippen molar-refractivity contribution in [3.8, 4) is 5.75 Å². The maximum absolute atomic E-state index is 13.2.